The maximum absolute atomic E-state index is 12.6. The van der Waals surface area contributed by atoms with Crippen LogP contribution in [0.25, 0.3) is 10.9 Å². The number of nitrogens with zero attached hydrogens (tertiary/aromatic N) is 3. The molecule has 7 heteroatoms. The number of fused-ring (bicyclic) bond motifs is 1. The van der Waals surface area contributed by atoms with Crippen LogP contribution in [0.5, 0.6) is 0 Å². The second-order valence-corrected chi connectivity index (χ2v) is 5.68. The SMILES string of the molecule is CCn1ccc2ccn(CCNC(=O)c3c(C)noc3C)c(=O)c21. The van der Waals surface area contributed by atoms with Gasteiger partial charge in [0.05, 0.1) is 5.69 Å². The van der Waals surface area contributed by atoms with E-state index in [0.717, 1.165) is 11.9 Å². The molecule has 0 spiro atoms. The number of amides is 1. The molecule has 0 aromatic carbocycles. The summed E-state index contributed by atoms with van der Waals surface area (Å²) in [5.41, 5.74) is 1.66. The van der Waals surface area contributed by atoms with Crippen molar-refractivity contribution in [1.29, 1.82) is 0 Å². The fraction of sp³-hybridized carbons (Fsp3) is 0.353. The standard InChI is InChI=1S/C17H20N4O3/c1-4-20-8-5-13-6-9-21(17(23)15(13)20)10-7-18-16(22)14-11(2)19-24-12(14)3/h5-6,8-9H,4,7,10H2,1-3H3,(H,18,22). The smallest absolute Gasteiger partial charge is 0.275 e. The Bertz CT molecular complexity index is 929. The van der Waals surface area contributed by atoms with Crippen LogP contribution in [-0.4, -0.2) is 26.7 Å². The van der Waals surface area contributed by atoms with Crippen molar-refractivity contribution in [3.8, 4) is 0 Å². The zero-order valence-corrected chi connectivity index (χ0v) is 14.0. The quantitative estimate of drug-likeness (QED) is 0.775. The first kappa shape index (κ1) is 16.0. The lowest BCUT2D eigenvalue weighted by Gasteiger charge is -2.09. The number of carbonyl (C=O) groups is 1. The lowest BCUT2D eigenvalue weighted by Crippen LogP contribution is -2.31. The summed E-state index contributed by atoms with van der Waals surface area (Å²) in [7, 11) is 0. The number of carbonyl (C=O) groups excluding carboxylic acids is 1. The van der Waals surface area contributed by atoms with E-state index in [9.17, 15) is 9.59 Å². The van der Waals surface area contributed by atoms with Gasteiger partial charge in [0.25, 0.3) is 11.5 Å². The molecule has 0 bridgehead atoms. The van der Waals surface area contributed by atoms with Crippen LogP contribution in [0.2, 0.25) is 0 Å². The molecule has 3 rings (SSSR count). The molecule has 7 nitrogen and oxygen atoms in total. The maximum Gasteiger partial charge on any atom is 0.275 e. The summed E-state index contributed by atoms with van der Waals surface area (Å²) in [6.07, 6.45) is 3.67. The molecule has 1 N–H and O–H groups in total. The topological polar surface area (TPSA) is 82.1 Å². The number of nitrogens with one attached hydrogen (secondary N) is 1. The second kappa shape index (κ2) is 6.35. The monoisotopic (exact) mass is 328 g/mol. The molecule has 3 heterocycles. The van der Waals surface area contributed by atoms with Gasteiger partial charge >= 0.3 is 0 Å². The van der Waals surface area contributed by atoms with Crippen molar-refractivity contribution in [1.82, 2.24) is 19.6 Å². The van der Waals surface area contributed by atoms with E-state index < -0.39 is 0 Å². The fourth-order valence-corrected chi connectivity index (χ4v) is 2.87. The first-order chi connectivity index (χ1) is 11.5. The molecule has 126 valence electrons. The molecule has 3 aromatic heterocycles. The second-order valence-electron chi connectivity index (χ2n) is 5.68. The van der Waals surface area contributed by atoms with E-state index in [1.807, 2.05) is 29.8 Å². The van der Waals surface area contributed by atoms with Gasteiger partial charge in [0.2, 0.25) is 0 Å². The number of aromatic nitrogens is 3. The highest BCUT2D eigenvalue weighted by molar-refractivity contribution is 5.96. The van der Waals surface area contributed by atoms with E-state index in [0.29, 0.717) is 35.6 Å². The molecule has 0 unspecified atom stereocenters. The van der Waals surface area contributed by atoms with Crippen LogP contribution in [-0.2, 0) is 13.1 Å². The Hall–Kier alpha value is -2.83. The molecule has 24 heavy (non-hydrogen) atoms. The predicted molar refractivity (Wildman–Crippen MR) is 90.2 cm³/mol. The van der Waals surface area contributed by atoms with Gasteiger partial charge in [-0.15, -0.1) is 0 Å². The summed E-state index contributed by atoms with van der Waals surface area (Å²) in [4.78, 5) is 24.8. The maximum atomic E-state index is 12.6. The van der Waals surface area contributed by atoms with Gasteiger partial charge in [0, 0.05) is 37.4 Å². The highest BCUT2D eigenvalue weighted by Crippen LogP contribution is 2.12. The van der Waals surface area contributed by atoms with Crippen LogP contribution in [0.4, 0.5) is 0 Å². The van der Waals surface area contributed by atoms with Crippen LogP contribution in [0.15, 0.2) is 33.8 Å². The summed E-state index contributed by atoms with van der Waals surface area (Å²) < 4.78 is 8.54. The first-order valence-corrected chi connectivity index (χ1v) is 7.92. The summed E-state index contributed by atoms with van der Waals surface area (Å²) in [5, 5.41) is 7.51. The first-order valence-electron chi connectivity index (χ1n) is 7.92. The molecule has 0 fully saturated rings. The average Bonchev–Trinajstić information content (AvgIpc) is 3.13. The van der Waals surface area contributed by atoms with Gasteiger partial charge in [-0.3, -0.25) is 9.59 Å². The Balaban J connectivity index is 1.73. The molecule has 0 radical (unpaired) electrons. The zero-order valence-electron chi connectivity index (χ0n) is 14.0. The van der Waals surface area contributed by atoms with Crippen molar-refractivity contribution in [2.45, 2.75) is 33.9 Å². The van der Waals surface area contributed by atoms with E-state index in [4.69, 9.17) is 4.52 Å². The molecule has 0 saturated heterocycles. The molecular weight excluding hydrogens is 308 g/mol. The molecule has 1 amide bonds. The lowest BCUT2D eigenvalue weighted by molar-refractivity contribution is 0.0950. The number of aryl methyl sites for hydroxylation is 3. The number of hydrogen-bond donors (Lipinski definition) is 1. The number of hydrogen-bond acceptors (Lipinski definition) is 4. The number of rotatable bonds is 5. The van der Waals surface area contributed by atoms with Crippen molar-refractivity contribution in [3.05, 3.63) is 51.9 Å². The van der Waals surface area contributed by atoms with Gasteiger partial charge in [-0.2, -0.15) is 0 Å². The van der Waals surface area contributed by atoms with Crippen molar-refractivity contribution in [2.75, 3.05) is 6.54 Å². The molecule has 0 aliphatic heterocycles. The van der Waals surface area contributed by atoms with E-state index in [1.165, 1.54) is 0 Å². The molecule has 3 aromatic rings. The Labute approximate surface area is 138 Å². The summed E-state index contributed by atoms with van der Waals surface area (Å²) in [5.74, 6) is 0.252. The molecule has 0 saturated carbocycles. The predicted octanol–water partition coefficient (Wildman–Crippen LogP) is 1.86. The van der Waals surface area contributed by atoms with Crippen LogP contribution >= 0.6 is 0 Å². The lowest BCUT2D eigenvalue weighted by atomic mass is 10.2. The molecule has 0 aliphatic rings. The van der Waals surface area contributed by atoms with Gasteiger partial charge < -0.3 is 19.0 Å². The Morgan fingerprint density at radius 3 is 2.58 bits per heavy atom. The van der Waals surface area contributed by atoms with Crippen LogP contribution in [0.1, 0.15) is 28.7 Å². The minimum atomic E-state index is -0.239. The van der Waals surface area contributed by atoms with Crippen LogP contribution < -0.4 is 10.9 Å². The minimum absolute atomic E-state index is 0.0501. The molecular formula is C17H20N4O3. The highest BCUT2D eigenvalue weighted by atomic mass is 16.5. The van der Waals surface area contributed by atoms with Crippen molar-refractivity contribution < 1.29 is 9.32 Å². The number of pyridine rings is 1. The third-order valence-electron chi connectivity index (χ3n) is 4.13. The third-order valence-corrected chi connectivity index (χ3v) is 4.13. The van der Waals surface area contributed by atoms with E-state index in [1.54, 1.807) is 24.6 Å². The fourth-order valence-electron chi connectivity index (χ4n) is 2.87. The summed E-state index contributed by atoms with van der Waals surface area (Å²) in [6.45, 7) is 6.92. The van der Waals surface area contributed by atoms with Crippen LogP contribution in [0, 0.1) is 13.8 Å². The van der Waals surface area contributed by atoms with E-state index in [-0.39, 0.29) is 11.5 Å². The van der Waals surface area contributed by atoms with Gasteiger partial charge in [-0.25, -0.2) is 0 Å². The average molecular weight is 328 g/mol. The summed E-state index contributed by atoms with van der Waals surface area (Å²) >= 11 is 0. The Morgan fingerprint density at radius 1 is 1.25 bits per heavy atom. The van der Waals surface area contributed by atoms with Crippen molar-refractivity contribution in [2.24, 2.45) is 0 Å². The molecule has 0 aliphatic carbocycles. The normalized spacial score (nSPS) is 11.1. The highest BCUT2D eigenvalue weighted by Gasteiger charge is 2.17. The van der Waals surface area contributed by atoms with Crippen molar-refractivity contribution in [3.63, 3.8) is 0 Å². The minimum Gasteiger partial charge on any atom is -0.361 e. The van der Waals surface area contributed by atoms with E-state index in [2.05, 4.69) is 10.5 Å². The van der Waals surface area contributed by atoms with Crippen molar-refractivity contribution >= 4 is 16.8 Å². The largest absolute Gasteiger partial charge is 0.361 e. The Kier molecular flexibility index (Phi) is 4.24. The zero-order chi connectivity index (χ0) is 17.3. The van der Waals surface area contributed by atoms with Crippen LogP contribution in [0.3, 0.4) is 0 Å². The van der Waals surface area contributed by atoms with Gasteiger partial charge in [0.15, 0.2) is 0 Å². The van der Waals surface area contributed by atoms with Gasteiger partial charge in [0.1, 0.15) is 16.8 Å². The van der Waals surface area contributed by atoms with Gasteiger partial charge in [-0.1, -0.05) is 5.16 Å². The Morgan fingerprint density at radius 2 is 1.96 bits per heavy atom. The molecule has 0 atom stereocenters. The summed E-state index contributed by atoms with van der Waals surface area (Å²) in [6, 6.07) is 3.85. The third kappa shape index (κ3) is 2.73. The van der Waals surface area contributed by atoms with Gasteiger partial charge in [-0.05, 0) is 32.9 Å². The van der Waals surface area contributed by atoms with E-state index >= 15 is 0 Å².